The number of allylic oxidation sites excluding steroid dienone is 6. The van der Waals surface area contributed by atoms with Gasteiger partial charge >= 0.3 is 0 Å². The van der Waals surface area contributed by atoms with Gasteiger partial charge in [0.15, 0.2) is 46.4 Å². The quantitative estimate of drug-likeness (QED) is 0.0978. The van der Waals surface area contributed by atoms with Crippen LogP contribution in [0.4, 0.5) is 17.6 Å². The lowest BCUT2D eigenvalue weighted by molar-refractivity contribution is 0.0975. The van der Waals surface area contributed by atoms with Gasteiger partial charge in [-0.2, -0.15) is 0 Å². The molecule has 0 N–H and O–H groups in total. The van der Waals surface area contributed by atoms with Crippen molar-refractivity contribution in [2.75, 3.05) is 0 Å². The molecular weight excluding hydrogens is 861 g/mol. The SMILES string of the molecule is CC1(C)Oc2cc(C=C3C(=O)c4cc5cc(F)c(F)cc5cc4C3=O)sc2C2=CC3C=C4C(=CC3C=C21)c1sc(C=C2C(=O)c3cc5cc(F)c(F)cc5cc3C2=O)cc1OC4(C)C. The van der Waals surface area contributed by atoms with Gasteiger partial charge in [-0.1, -0.05) is 24.3 Å². The number of carbonyl (C=O) groups excluding carboxylic acids is 4. The molecule has 4 aromatic carbocycles. The standard InChI is InChI=1S/C52H30F4O6S2/c1-51(2)37-11-21-10-34-38(52(3,4)62-44-20-28(64-50(34)44)18-36-47(59)31-7-25-15-41(55)42(56)16-26(25)8-32(31)48(36)60)12-22(21)9-33(37)49-43(61-51)19-27(63-49)17-35-45(57)29-5-23-13-39(53)40(54)14-24(23)6-30(29)46(35)58/h5-22H,1-4H3. The van der Waals surface area contributed by atoms with Gasteiger partial charge in [0.25, 0.3) is 0 Å². The van der Waals surface area contributed by atoms with Crippen LogP contribution in [0.5, 0.6) is 11.5 Å². The molecule has 0 bridgehead atoms. The molecule has 0 saturated heterocycles. The van der Waals surface area contributed by atoms with Gasteiger partial charge in [0.05, 0.1) is 20.9 Å². The van der Waals surface area contributed by atoms with E-state index in [1.54, 1.807) is 12.2 Å². The smallest absolute Gasteiger partial charge is 0.197 e. The molecule has 6 aromatic rings. The molecule has 2 atom stereocenters. The largest absolute Gasteiger partial charge is 0.482 e. The van der Waals surface area contributed by atoms with Gasteiger partial charge in [0.1, 0.15) is 22.7 Å². The number of ketones is 4. The van der Waals surface area contributed by atoms with E-state index in [4.69, 9.17) is 9.47 Å². The van der Waals surface area contributed by atoms with E-state index < -0.39 is 57.6 Å². The molecule has 6 nitrogen and oxygen atoms in total. The second-order valence-electron chi connectivity index (χ2n) is 17.8. The summed E-state index contributed by atoms with van der Waals surface area (Å²) in [5, 5.41) is 1.29. The van der Waals surface area contributed by atoms with E-state index in [2.05, 4.69) is 24.3 Å². The Morgan fingerprint density at radius 2 is 0.781 bits per heavy atom. The van der Waals surface area contributed by atoms with Crippen molar-refractivity contribution in [3.63, 3.8) is 0 Å². The van der Waals surface area contributed by atoms with Crippen molar-refractivity contribution in [1.29, 1.82) is 0 Å². The van der Waals surface area contributed by atoms with Crippen molar-refractivity contribution in [3.05, 3.63) is 172 Å². The van der Waals surface area contributed by atoms with Gasteiger partial charge in [-0.15, -0.1) is 22.7 Å². The summed E-state index contributed by atoms with van der Waals surface area (Å²) >= 11 is 2.82. The van der Waals surface area contributed by atoms with Crippen LogP contribution in [0.1, 0.15) is 88.6 Å². The number of halogens is 4. The van der Waals surface area contributed by atoms with Crippen molar-refractivity contribution in [1.82, 2.24) is 0 Å². The molecule has 6 aliphatic rings. The first kappa shape index (κ1) is 38.9. The second kappa shape index (κ2) is 12.9. The zero-order valence-corrected chi connectivity index (χ0v) is 35.8. The summed E-state index contributed by atoms with van der Waals surface area (Å²) in [5.74, 6) is -4.95. The molecule has 314 valence electrons. The second-order valence-corrected chi connectivity index (χ2v) is 20.0. The van der Waals surface area contributed by atoms with E-state index in [1.165, 1.54) is 46.9 Å². The Labute approximate surface area is 369 Å². The number of fused-ring (bicyclic) bond motifs is 11. The van der Waals surface area contributed by atoms with Gasteiger partial charge in [-0.05, 0) is 144 Å². The van der Waals surface area contributed by atoms with Crippen LogP contribution in [-0.2, 0) is 0 Å². The van der Waals surface area contributed by atoms with Crippen LogP contribution in [0.15, 0.2) is 107 Å². The molecule has 0 saturated carbocycles. The van der Waals surface area contributed by atoms with Gasteiger partial charge in [-0.25, -0.2) is 17.6 Å². The van der Waals surface area contributed by atoms with Gasteiger partial charge < -0.3 is 9.47 Å². The number of ether oxygens (including phenoxy) is 2. The van der Waals surface area contributed by atoms with Crippen molar-refractivity contribution < 1.29 is 46.2 Å². The van der Waals surface area contributed by atoms with Crippen molar-refractivity contribution in [2.45, 2.75) is 38.9 Å². The van der Waals surface area contributed by atoms with Crippen LogP contribution >= 0.6 is 22.7 Å². The van der Waals surface area contributed by atoms with Gasteiger partial charge in [0, 0.05) is 43.8 Å². The van der Waals surface area contributed by atoms with Crippen LogP contribution < -0.4 is 9.47 Å². The normalized spacial score (nSPS) is 20.8. The fraction of sp³-hybridized carbons (Fsp3) is 0.154. The van der Waals surface area contributed by atoms with E-state index in [9.17, 15) is 36.7 Å². The Balaban J connectivity index is 0.873. The Hall–Kier alpha value is -6.76. The number of thiophene rings is 2. The summed E-state index contributed by atoms with van der Waals surface area (Å²) < 4.78 is 69.4. The molecule has 0 fully saturated rings. The average molecular weight is 891 g/mol. The number of hydrogen-bond acceptors (Lipinski definition) is 8. The number of hydrogen-bond donors (Lipinski definition) is 0. The fourth-order valence-corrected chi connectivity index (χ4v) is 12.0. The van der Waals surface area contributed by atoms with E-state index >= 15 is 0 Å². The molecular formula is C52H30F4O6S2. The molecule has 0 amide bonds. The van der Waals surface area contributed by atoms with Crippen LogP contribution in [0.2, 0.25) is 0 Å². The zero-order chi connectivity index (χ0) is 44.5. The molecule has 12 rings (SSSR count). The minimum absolute atomic E-state index is 0.0325. The topological polar surface area (TPSA) is 86.7 Å². The predicted molar refractivity (Wildman–Crippen MR) is 238 cm³/mol. The predicted octanol–water partition coefficient (Wildman–Crippen LogP) is 12.5. The molecule has 4 aliphatic carbocycles. The first-order valence-electron chi connectivity index (χ1n) is 20.5. The molecule has 0 radical (unpaired) electrons. The maximum atomic E-state index is 14.0. The molecule has 2 aliphatic heterocycles. The monoisotopic (exact) mass is 890 g/mol. The molecule has 64 heavy (non-hydrogen) atoms. The number of benzene rings is 4. The van der Waals surface area contributed by atoms with Crippen molar-refractivity contribution in [2.24, 2.45) is 11.8 Å². The minimum Gasteiger partial charge on any atom is -0.482 e. The van der Waals surface area contributed by atoms with Crippen LogP contribution in [0, 0.1) is 35.1 Å². The summed E-state index contributed by atoms with van der Waals surface area (Å²) in [7, 11) is 0. The van der Waals surface area contributed by atoms with Crippen LogP contribution in [0.3, 0.4) is 0 Å². The highest BCUT2D eigenvalue weighted by Crippen LogP contribution is 2.56. The Morgan fingerprint density at radius 1 is 0.469 bits per heavy atom. The summed E-state index contributed by atoms with van der Waals surface area (Å²) in [6.07, 6.45) is 12.1. The average Bonchev–Trinajstić information content (AvgIpc) is 3.95. The van der Waals surface area contributed by atoms with Crippen LogP contribution in [-0.4, -0.2) is 34.3 Å². The molecule has 2 aromatic heterocycles. The lowest BCUT2D eigenvalue weighted by Crippen LogP contribution is -2.39. The van der Waals surface area contributed by atoms with Gasteiger partial charge in [-0.3, -0.25) is 19.2 Å². The van der Waals surface area contributed by atoms with E-state index in [0.29, 0.717) is 42.8 Å². The van der Waals surface area contributed by atoms with Crippen LogP contribution in [0.25, 0.3) is 44.8 Å². The summed E-state index contributed by atoms with van der Waals surface area (Å²) in [6.45, 7) is 7.99. The number of carbonyl (C=O) groups is 4. The first-order valence-corrected chi connectivity index (χ1v) is 22.1. The third-order valence-corrected chi connectivity index (χ3v) is 15.2. The molecule has 2 unspecified atom stereocenters. The maximum Gasteiger partial charge on any atom is 0.197 e. The van der Waals surface area contributed by atoms with E-state index in [-0.39, 0.29) is 45.2 Å². The lowest BCUT2D eigenvalue weighted by atomic mass is 9.70. The molecule has 12 heteroatoms. The third kappa shape index (κ3) is 5.54. The first-order chi connectivity index (χ1) is 30.4. The number of rotatable bonds is 2. The summed E-state index contributed by atoms with van der Waals surface area (Å²) in [6, 6.07) is 13.5. The Bertz CT molecular complexity index is 3170. The zero-order valence-electron chi connectivity index (χ0n) is 34.2. The van der Waals surface area contributed by atoms with Crippen molar-refractivity contribution >= 4 is 90.6 Å². The fourth-order valence-electron chi connectivity index (χ4n) is 9.90. The highest BCUT2D eigenvalue weighted by Gasteiger charge is 2.45. The minimum atomic E-state index is -1.04. The third-order valence-electron chi connectivity index (χ3n) is 13.0. The van der Waals surface area contributed by atoms with E-state index in [1.807, 2.05) is 39.8 Å². The van der Waals surface area contributed by atoms with Crippen molar-refractivity contribution in [3.8, 4) is 11.5 Å². The van der Waals surface area contributed by atoms with Gasteiger partial charge in [0.2, 0.25) is 0 Å². The highest BCUT2D eigenvalue weighted by atomic mass is 32.1. The molecule has 0 spiro atoms. The number of Topliss-reactive ketones (excluding diaryl/α,β-unsaturated/α-hetero) is 4. The summed E-state index contributed by atoms with van der Waals surface area (Å²) in [4.78, 5) is 57.4. The summed E-state index contributed by atoms with van der Waals surface area (Å²) in [5.41, 5.74) is 3.00. The molecule has 4 heterocycles. The Morgan fingerprint density at radius 3 is 1.09 bits per heavy atom. The van der Waals surface area contributed by atoms with E-state index in [0.717, 1.165) is 56.3 Å². The highest BCUT2D eigenvalue weighted by molar-refractivity contribution is 7.15. The lowest BCUT2D eigenvalue weighted by Gasteiger charge is -2.42. The maximum absolute atomic E-state index is 14.0. The Kier molecular flexibility index (Phi) is 7.85.